The number of nitrogens with zero attached hydrogens (tertiary/aromatic N) is 3. The Hall–Kier alpha value is -2.96. The fourth-order valence-electron chi connectivity index (χ4n) is 2.37. The zero-order valence-corrected chi connectivity index (χ0v) is 15.4. The van der Waals surface area contributed by atoms with Gasteiger partial charge in [0.25, 0.3) is 5.91 Å². The molecule has 0 aliphatic rings. The van der Waals surface area contributed by atoms with E-state index in [-0.39, 0.29) is 23.1 Å². The van der Waals surface area contributed by atoms with Crippen LogP contribution >= 0.6 is 15.9 Å². The van der Waals surface area contributed by atoms with Crippen molar-refractivity contribution < 1.29 is 31.1 Å². The van der Waals surface area contributed by atoms with Crippen LogP contribution in [0.5, 0.6) is 0 Å². The fraction of sp³-hybridized carbons (Fsp3) is 0.125. The standard InChI is InChI=1S/C16H8BrF6N5O/c17-10-1-2-12(11(6-10)13-25-27-28-26-13)24-14(29)7-3-8(15(18,19)20)5-9(4-7)16(21,22)23/h1-6H,(H,24,29)(H,25,26,27,28). The Bertz CT molecular complexity index is 1020. The summed E-state index contributed by atoms with van der Waals surface area (Å²) < 4.78 is 78.5. The number of H-pyrrole nitrogens is 1. The maximum absolute atomic E-state index is 13.0. The molecule has 0 aliphatic heterocycles. The Morgan fingerprint density at radius 2 is 1.59 bits per heavy atom. The largest absolute Gasteiger partial charge is 0.416 e. The summed E-state index contributed by atoms with van der Waals surface area (Å²) in [5.41, 5.74) is -3.69. The Morgan fingerprint density at radius 3 is 2.10 bits per heavy atom. The second-order valence-electron chi connectivity index (χ2n) is 5.67. The summed E-state index contributed by atoms with van der Waals surface area (Å²) in [5.74, 6) is -1.12. The maximum atomic E-state index is 13.0. The molecule has 0 spiro atoms. The van der Waals surface area contributed by atoms with E-state index in [0.717, 1.165) is 0 Å². The molecule has 0 bridgehead atoms. The highest BCUT2D eigenvalue weighted by molar-refractivity contribution is 9.10. The van der Waals surface area contributed by atoms with Gasteiger partial charge in [0.05, 0.1) is 16.8 Å². The minimum Gasteiger partial charge on any atom is -0.321 e. The highest BCUT2D eigenvalue weighted by Crippen LogP contribution is 2.37. The van der Waals surface area contributed by atoms with Crippen molar-refractivity contribution in [2.45, 2.75) is 12.4 Å². The molecule has 1 heterocycles. The molecular weight excluding hydrogens is 472 g/mol. The van der Waals surface area contributed by atoms with Gasteiger partial charge < -0.3 is 5.32 Å². The molecule has 2 N–H and O–H groups in total. The Balaban J connectivity index is 2.02. The SMILES string of the molecule is O=C(Nc1ccc(Br)cc1-c1nn[nH]n1)c1cc(C(F)(F)F)cc(C(F)(F)F)c1. The van der Waals surface area contributed by atoms with E-state index in [9.17, 15) is 31.1 Å². The van der Waals surface area contributed by atoms with E-state index < -0.39 is 35.0 Å². The van der Waals surface area contributed by atoms with Gasteiger partial charge in [-0.05, 0) is 41.6 Å². The third-order valence-corrected chi connectivity index (χ3v) is 4.16. The number of benzene rings is 2. The normalized spacial score (nSPS) is 12.1. The van der Waals surface area contributed by atoms with E-state index in [4.69, 9.17) is 0 Å². The quantitative estimate of drug-likeness (QED) is 0.522. The van der Waals surface area contributed by atoms with Crippen molar-refractivity contribution in [1.29, 1.82) is 0 Å². The Morgan fingerprint density at radius 1 is 0.966 bits per heavy atom. The predicted octanol–water partition coefficient (Wildman–Crippen LogP) is 4.92. The molecule has 2 aromatic carbocycles. The second-order valence-corrected chi connectivity index (χ2v) is 6.59. The number of tetrazole rings is 1. The van der Waals surface area contributed by atoms with Gasteiger partial charge in [0.15, 0.2) is 0 Å². The minimum atomic E-state index is -5.07. The van der Waals surface area contributed by atoms with E-state index in [0.29, 0.717) is 16.6 Å². The third-order valence-electron chi connectivity index (χ3n) is 3.67. The second kappa shape index (κ2) is 7.46. The van der Waals surface area contributed by atoms with Crippen molar-refractivity contribution in [2.75, 3.05) is 5.32 Å². The van der Waals surface area contributed by atoms with Crippen LogP contribution in [0.3, 0.4) is 0 Å². The van der Waals surface area contributed by atoms with E-state index in [1.165, 1.54) is 18.2 Å². The molecule has 0 fully saturated rings. The molecule has 6 nitrogen and oxygen atoms in total. The van der Waals surface area contributed by atoms with Crippen molar-refractivity contribution in [3.05, 3.63) is 57.6 Å². The summed E-state index contributed by atoms with van der Waals surface area (Å²) >= 11 is 3.21. The Kier molecular flexibility index (Phi) is 5.34. The zero-order valence-electron chi connectivity index (χ0n) is 13.9. The van der Waals surface area contributed by atoms with Crippen LogP contribution in [0.15, 0.2) is 40.9 Å². The van der Waals surface area contributed by atoms with Crippen molar-refractivity contribution in [1.82, 2.24) is 20.6 Å². The van der Waals surface area contributed by atoms with Crippen molar-refractivity contribution in [3.8, 4) is 11.4 Å². The molecule has 0 aliphatic carbocycles. The number of amides is 1. The lowest BCUT2D eigenvalue weighted by Gasteiger charge is -2.15. The molecular formula is C16H8BrF6N5O. The van der Waals surface area contributed by atoms with Gasteiger partial charge in [0, 0.05) is 15.6 Å². The summed E-state index contributed by atoms with van der Waals surface area (Å²) in [7, 11) is 0. The van der Waals surface area contributed by atoms with Crippen LogP contribution in [0, 0.1) is 0 Å². The number of carbonyl (C=O) groups excluding carboxylic acids is 1. The first-order chi connectivity index (χ1) is 13.4. The molecule has 3 rings (SSSR count). The average Bonchev–Trinajstić information content (AvgIpc) is 3.15. The minimum absolute atomic E-state index is 0.0544. The molecule has 0 radical (unpaired) electrons. The van der Waals surface area contributed by atoms with Gasteiger partial charge in [0.1, 0.15) is 0 Å². The van der Waals surface area contributed by atoms with Crippen LogP contribution in [0.25, 0.3) is 11.4 Å². The number of nitrogens with one attached hydrogen (secondary N) is 2. The number of anilines is 1. The van der Waals surface area contributed by atoms with Gasteiger partial charge in [-0.3, -0.25) is 4.79 Å². The predicted molar refractivity (Wildman–Crippen MR) is 91.7 cm³/mol. The number of aromatic nitrogens is 4. The number of hydrogen-bond donors (Lipinski definition) is 2. The monoisotopic (exact) mass is 479 g/mol. The van der Waals surface area contributed by atoms with E-state index in [1.54, 1.807) is 0 Å². The van der Waals surface area contributed by atoms with Gasteiger partial charge in [-0.25, -0.2) is 0 Å². The first-order valence-corrected chi connectivity index (χ1v) is 8.38. The highest BCUT2D eigenvalue weighted by Gasteiger charge is 2.37. The molecule has 0 saturated carbocycles. The van der Waals surface area contributed by atoms with Gasteiger partial charge in [0.2, 0.25) is 5.82 Å². The van der Waals surface area contributed by atoms with Gasteiger partial charge in [-0.15, -0.1) is 10.2 Å². The number of carbonyl (C=O) groups is 1. The summed E-state index contributed by atoms with van der Waals surface area (Å²) in [4.78, 5) is 12.5. The van der Waals surface area contributed by atoms with Crippen LogP contribution in [0.2, 0.25) is 0 Å². The van der Waals surface area contributed by atoms with Crippen LogP contribution in [-0.4, -0.2) is 26.5 Å². The van der Waals surface area contributed by atoms with Crippen LogP contribution in [0.1, 0.15) is 21.5 Å². The summed E-state index contributed by atoms with van der Waals surface area (Å²) in [5, 5.41) is 15.3. The van der Waals surface area contributed by atoms with Crippen molar-refractivity contribution in [2.24, 2.45) is 0 Å². The Labute approximate surface area is 166 Å². The molecule has 13 heteroatoms. The van der Waals surface area contributed by atoms with Gasteiger partial charge >= 0.3 is 12.4 Å². The molecule has 152 valence electrons. The van der Waals surface area contributed by atoms with E-state index in [1.807, 2.05) is 0 Å². The third kappa shape index (κ3) is 4.72. The lowest BCUT2D eigenvalue weighted by atomic mass is 10.0. The molecule has 29 heavy (non-hydrogen) atoms. The number of aromatic amines is 1. The summed E-state index contributed by atoms with van der Waals surface area (Å²) in [6, 6.07) is 5.02. The van der Waals surface area contributed by atoms with Crippen LogP contribution in [0.4, 0.5) is 32.0 Å². The zero-order chi connectivity index (χ0) is 21.4. The molecule has 3 aromatic rings. The topological polar surface area (TPSA) is 83.6 Å². The van der Waals surface area contributed by atoms with Crippen molar-refractivity contribution in [3.63, 3.8) is 0 Å². The van der Waals surface area contributed by atoms with Gasteiger partial charge in [-0.2, -0.15) is 31.6 Å². The number of rotatable bonds is 3. The lowest BCUT2D eigenvalue weighted by Crippen LogP contribution is -2.17. The maximum Gasteiger partial charge on any atom is 0.416 e. The molecule has 1 aromatic heterocycles. The van der Waals surface area contributed by atoms with Gasteiger partial charge in [-0.1, -0.05) is 15.9 Å². The number of hydrogen-bond acceptors (Lipinski definition) is 4. The molecule has 0 atom stereocenters. The van der Waals surface area contributed by atoms with E-state index >= 15 is 0 Å². The smallest absolute Gasteiger partial charge is 0.321 e. The summed E-state index contributed by atoms with van der Waals surface area (Å²) in [6.45, 7) is 0. The first-order valence-electron chi connectivity index (χ1n) is 7.59. The lowest BCUT2D eigenvalue weighted by molar-refractivity contribution is -0.143. The van der Waals surface area contributed by atoms with Crippen molar-refractivity contribution >= 4 is 27.5 Å². The number of halogens is 7. The summed E-state index contributed by atoms with van der Waals surface area (Å²) in [6.07, 6.45) is -10.1. The molecule has 1 amide bonds. The van der Waals surface area contributed by atoms with E-state index in [2.05, 4.69) is 41.9 Å². The number of alkyl halides is 6. The molecule has 0 saturated heterocycles. The first kappa shape index (κ1) is 20.8. The molecule has 0 unspecified atom stereocenters. The van der Waals surface area contributed by atoms with Crippen LogP contribution < -0.4 is 5.32 Å². The average molecular weight is 480 g/mol. The van der Waals surface area contributed by atoms with Crippen LogP contribution in [-0.2, 0) is 12.4 Å². The highest BCUT2D eigenvalue weighted by atomic mass is 79.9. The fourth-order valence-corrected chi connectivity index (χ4v) is 2.73.